The molecule has 0 spiro atoms. The minimum atomic E-state index is 0.101. The second-order valence-electron chi connectivity index (χ2n) is 4.74. The summed E-state index contributed by atoms with van der Waals surface area (Å²) in [5.74, 6) is 0.101. The normalized spacial score (nSPS) is 13.7. The van der Waals surface area contributed by atoms with Gasteiger partial charge in [0, 0.05) is 26.8 Å². The predicted octanol–water partition coefficient (Wildman–Crippen LogP) is 2.70. The molecular weight excluding hydrogens is 332 g/mol. The van der Waals surface area contributed by atoms with Gasteiger partial charge in [0.1, 0.15) is 5.65 Å². The van der Waals surface area contributed by atoms with Gasteiger partial charge in [-0.3, -0.25) is 0 Å². The van der Waals surface area contributed by atoms with Gasteiger partial charge in [-0.15, -0.1) is 0 Å². The van der Waals surface area contributed by atoms with E-state index in [-0.39, 0.29) is 5.88 Å². The van der Waals surface area contributed by atoms with Gasteiger partial charge in [-0.05, 0) is 39.4 Å². The van der Waals surface area contributed by atoms with Crippen molar-refractivity contribution in [1.29, 1.82) is 0 Å². The first-order chi connectivity index (χ1) is 10.2. The molecule has 2 N–H and O–H groups in total. The molecule has 0 fully saturated rings. The first kappa shape index (κ1) is 12.3. The van der Waals surface area contributed by atoms with Crippen molar-refractivity contribution in [1.82, 2.24) is 9.97 Å². The van der Waals surface area contributed by atoms with Crippen LogP contribution in [0.5, 0.6) is 5.88 Å². The highest BCUT2D eigenvalue weighted by Crippen LogP contribution is 2.28. The van der Waals surface area contributed by atoms with Crippen LogP contribution in [0.2, 0.25) is 0 Å². The van der Waals surface area contributed by atoms with Crippen molar-refractivity contribution in [2.24, 2.45) is 10.2 Å². The molecule has 5 nitrogen and oxygen atoms in total. The number of halogens is 1. The van der Waals surface area contributed by atoms with Crippen molar-refractivity contribution in [2.45, 2.75) is 0 Å². The van der Waals surface area contributed by atoms with Gasteiger partial charge in [0.05, 0.1) is 11.9 Å². The minimum absolute atomic E-state index is 0.101. The number of fused-ring (bicyclic) bond motifs is 2. The summed E-state index contributed by atoms with van der Waals surface area (Å²) in [5.41, 5.74) is 2.19. The molecule has 0 saturated heterocycles. The van der Waals surface area contributed by atoms with E-state index in [1.807, 2.05) is 30.3 Å². The fourth-order valence-corrected chi connectivity index (χ4v) is 2.69. The zero-order valence-electron chi connectivity index (χ0n) is 10.7. The van der Waals surface area contributed by atoms with E-state index in [1.165, 1.54) is 0 Å². The monoisotopic (exact) mass is 340 g/mol. The first-order valence-electron chi connectivity index (χ1n) is 6.30. The molecule has 3 heterocycles. The molecule has 102 valence electrons. The fourth-order valence-electron chi connectivity index (χ4n) is 2.36. The van der Waals surface area contributed by atoms with E-state index in [2.05, 4.69) is 36.1 Å². The quantitative estimate of drug-likeness (QED) is 0.714. The Labute approximate surface area is 127 Å². The van der Waals surface area contributed by atoms with E-state index >= 15 is 0 Å². The molecule has 0 atom stereocenters. The molecule has 0 saturated carbocycles. The van der Waals surface area contributed by atoms with Gasteiger partial charge in [0.25, 0.3) is 0 Å². The van der Waals surface area contributed by atoms with E-state index in [4.69, 9.17) is 0 Å². The van der Waals surface area contributed by atoms with Gasteiger partial charge in [0.2, 0.25) is 0 Å². The smallest absolute Gasteiger partial charge is 0.198 e. The van der Waals surface area contributed by atoms with Gasteiger partial charge in [0.15, 0.2) is 5.88 Å². The molecule has 6 heteroatoms. The summed E-state index contributed by atoms with van der Waals surface area (Å²) in [5, 5.41) is 20.8. The van der Waals surface area contributed by atoms with E-state index in [9.17, 15) is 5.11 Å². The lowest BCUT2D eigenvalue weighted by Crippen LogP contribution is -2.06. The number of azo groups is 1. The van der Waals surface area contributed by atoms with Crippen LogP contribution in [0.25, 0.3) is 23.3 Å². The summed E-state index contributed by atoms with van der Waals surface area (Å²) < 4.78 is 0.862. The van der Waals surface area contributed by atoms with Crippen molar-refractivity contribution < 1.29 is 5.11 Å². The third-order valence-electron chi connectivity index (χ3n) is 3.36. The fraction of sp³-hybridized carbons (Fsp3) is 0. The molecule has 0 radical (unpaired) electrons. The zero-order chi connectivity index (χ0) is 14.4. The molecule has 1 aliphatic rings. The van der Waals surface area contributed by atoms with Crippen LogP contribution in [0, 0.1) is 0 Å². The Morgan fingerprint density at radius 2 is 2.14 bits per heavy atom. The molecule has 0 unspecified atom stereocenters. The second-order valence-corrected chi connectivity index (χ2v) is 5.66. The summed E-state index contributed by atoms with van der Waals surface area (Å²) in [6.07, 6.45) is 5.31. The topological polar surface area (TPSA) is 73.6 Å². The summed E-state index contributed by atoms with van der Waals surface area (Å²) in [4.78, 5) is 7.11. The van der Waals surface area contributed by atoms with E-state index < -0.39 is 0 Å². The summed E-state index contributed by atoms with van der Waals surface area (Å²) >= 11 is 3.40. The number of nitrogens with zero attached hydrogens (tertiary/aromatic N) is 3. The van der Waals surface area contributed by atoms with Gasteiger partial charge < -0.3 is 10.1 Å². The lowest BCUT2D eigenvalue weighted by molar-refractivity contribution is 0.457. The Morgan fingerprint density at radius 1 is 1.24 bits per heavy atom. The van der Waals surface area contributed by atoms with Crippen LogP contribution in [0.1, 0.15) is 5.56 Å². The van der Waals surface area contributed by atoms with Crippen LogP contribution in [0.15, 0.2) is 45.2 Å². The number of pyridine rings is 1. The maximum absolute atomic E-state index is 10.1. The predicted molar refractivity (Wildman–Crippen MR) is 83.7 cm³/mol. The molecule has 21 heavy (non-hydrogen) atoms. The number of nitrogens with one attached hydrogen (secondary N) is 1. The van der Waals surface area contributed by atoms with Crippen LogP contribution in [0.4, 0.5) is 5.69 Å². The van der Waals surface area contributed by atoms with Crippen LogP contribution < -0.4 is 10.4 Å². The Bertz CT molecular complexity index is 1020. The molecule has 3 aromatic rings. The van der Waals surface area contributed by atoms with Crippen LogP contribution in [-0.4, -0.2) is 15.1 Å². The number of hydrogen-bond acceptors (Lipinski definition) is 4. The van der Waals surface area contributed by atoms with Gasteiger partial charge in [-0.2, -0.15) is 10.2 Å². The van der Waals surface area contributed by atoms with Gasteiger partial charge in [-0.1, -0.05) is 12.1 Å². The first-order valence-corrected chi connectivity index (χ1v) is 7.09. The van der Waals surface area contributed by atoms with Crippen molar-refractivity contribution in [2.75, 3.05) is 0 Å². The SMILES string of the molecule is Oc1[nH]c2ncc(Br)cc2c1/C=c1/ccc2c(c1)N=NC=2. The molecular formula is C15H9BrN4O. The lowest BCUT2D eigenvalue weighted by atomic mass is 10.1. The summed E-state index contributed by atoms with van der Waals surface area (Å²) in [6, 6.07) is 7.79. The third kappa shape index (κ3) is 2.04. The largest absolute Gasteiger partial charge is 0.494 e. The van der Waals surface area contributed by atoms with Crippen LogP contribution in [-0.2, 0) is 0 Å². The molecule has 1 aliphatic heterocycles. The number of aromatic amines is 1. The number of aromatic hydroxyl groups is 1. The molecule has 0 amide bonds. The number of H-pyrrole nitrogens is 1. The Hall–Kier alpha value is -2.47. The van der Waals surface area contributed by atoms with Crippen molar-refractivity contribution in [3.63, 3.8) is 0 Å². The Morgan fingerprint density at radius 3 is 3.05 bits per heavy atom. The Balaban J connectivity index is 1.97. The number of hydrogen-bond donors (Lipinski definition) is 2. The van der Waals surface area contributed by atoms with Crippen molar-refractivity contribution >= 4 is 44.9 Å². The maximum Gasteiger partial charge on any atom is 0.198 e. The van der Waals surface area contributed by atoms with Crippen molar-refractivity contribution in [3.05, 3.63) is 50.9 Å². The molecule has 4 rings (SSSR count). The number of benzene rings is 1. The highest BCUT2D eigenvalue weighted by molar-refractivity contribution is 9.10. The van der Waals surface area contributed by atoms with E-state index in [0.717, 1.165) is 26.0 Å². The zero-order valence-corrected chi connectivity index (χ0v) is 12.3. The highest BCUT2D eigenvalue weighted by Gasteiger charge is 2.10. The Kier molecular flexibility index (Phi) is 2.65. The summed E-state index contributed by atoms with van der Waals surface area (Å²) in [7, 11) is 0. The maximum atomic E-state index is 10.1. The third-order valence-corrected chi connectivity index (χ3v) is 3.80. The van der Waals surface area contributed by atoms with Gasteiger partial charge >= 0.3 is 0 Å². The van der Waals surface area contributed by atoms with Crippen LogP contribution in [0.3, 0.4) is 0 Å². The molecule has 1 aromatic carbocycles. The van der Waals surface area contributed by atoms with Gasteiger partial charge in [-0.25, -0.2) is 4.98 Å². The second kappa shape index (κ2) is 4.53. The number of aromatic nitrogens is 2. The highest BCUT2D eigenvalue weighted by atomic mass is 79.9. The average Bonchev–Trinajstić information content (AvgIpc) is 3.04. The van der Waals surface area contributed by atoms with E-state index in [0.29, 0.717) is 11.2 Å². The molecule has 0 aliphatic carbocycles. The van der Waals surface area contributed by atoms with Crippen molar-refractivity contribution in [3.8, 4) is 5.88 Å². The average molecular weight is 341 g/mol. The molecule has 2 aromatic heterocycles. The molecule has 0 bridgehead atoms. The minimum Gasteiger partial charge on any atom is -0.494 e. The lowest BCUT2D eigenvalue weighted by Gasteiger charge is -1.95. The van der Waals surface area contributed by atoms with Crippen LogP contribution >= 0.6 is 15.9 Å². The standard InChI is InChI=1S/C15H9BrN4O/c16-10-5-11-12(15(21)19-14(11)17-7-10)3-8-1-2-9-6-18-20-13(9)4-8/h1-7,21H,(H,17,19)/b8-3-. The van der Waals surface area contributed by atoms with E-state index in [1.54, 1.807) is 12.4 Å². The number of rotatable bonds is 1. The summed E-state index contributed by atoms with van der Waals surface area (Å²) in [6.45, 7) is 0.